The third-order valence-electron chi connectivity index (χ3n) is 2.91. The zero-order valence-corrected chi connectivity index (χ0v) is 10.7. The smallest absolute Gasteiger partial charge is 0.153 e. The zero-order chi connectivity index (χ0) is 14.8. The van der Waals surface area contributed by atoms with E-state index in [9.17, 15) is 13.6 Å². The minimum atomic E-state index is -0.476. The van der Waals surface area contributed by atoms with Crippen LogP contribution in [-0.2, 0) is 0 Å². The summed E-state index contributed by atoms with van der Waals surface area (Å²) in [6, 6.07) is 8.48. The van der Waals surface area contributed by atoms with Crippen LogP contribution in [0.25, 0.3) is 17.1 Å². The average Bonchev–Trinajstić information content (AvgIpc) is 2.92. The Balaban J connectivity index is 2.10. The molecule has 0 aliphatic carbocycles. The van der Waals surface area contributed by atoms with Gasteiger partial charge in [-0.3, -0.25) is 9.78 Å². The standard InChI is InChI=1S/C15H9F2N3O/c16-11-2-1-3-13(6-11)20-8-10(9-21)15(19-20)14-5-4-12(17)7-18-14/h1-9H. The molecular weight excluding hydrogens is 276 g/mol. The molecule has 0 fully saturated rings. The third-order valence-corrected chi connectivity index (χ3v) is 2.91. The first-order chi connectivity index (χ1) is 10.2. The van der Waals surface area contributed by atoms with Gasteiger partial charge in [0, 0.05) is 6.20 Å². The van der Waals surface area contributed by atoms with Gasteiger partial charge in [0.25, 0.3) is 0 Å². The number of rotatable bonds is 3. The van der Waals surface area contributed by atoms with Crippen molar-refractivity contribution in [3.63, 3.8) is 0 Å². The Kier molecular flexibility index (Phi) is 3.27. The van der Waals surface area contributed by atoms with E-state index in [1.165, 1.54) is 35.1 Å². The first-order valence-corrected chi connectivity index (χ1v) is 6.10. The molecule has 0 aliphatic heterocycles. The summed E-state index contributed by atoms with van der Waals surface area (Å²) in [5.74, 6) is -0.881. The second-order valence-corrected chi connectivity index (χ2v) is 4.34. The van der Waals surface area contributed by atoms with Crippen molar-refractivity contribution >= 4 is 6.29 Å². The Labute approximate surface area is 118 Å². The Morgan fingerprint density at radius 1 is 1.10 bits per heavy atom. The van der Waals surface area contributed by atoms with Crippen molar-refractivity contribution in [1.29, 1.82) is 0 Å². The predicted octanol–water partition coefficient (Wildman–Crippen LogP) is 3.03. The average molecular weight is 285 g/mol. The Morgan fingerprint density at radius 2 is 1.95 bits per heavy atom. The first-order valence-electron chi connectivity index (χ1n) is 6.10. The third kappa shape index (κ3) is 2.55. The number of benzene rings is 1. The van der Waals surface area contributed by atoms with Crippen LogP contribution in [0.15, 0.2) is 48.8 Å². The number of hydrogen-bond acceptors (Lipinski definition) is 3. The molecule has 0 N–H and O–H groups in total. The van der Waals surface area contributed by atoms with Crippen LogP contribution >= 0.6 is 0 Å². The van der Waals surface area contributed by atoms with Crippen LogP contribution in [0.4, 0.5) is 8.78 Å². The normalized spacial score (nSPS) is 10.6. The van der Waals surface area contributed by atoms with Crippen molar-refractivity contribution in [3.05, 3.63) is 66.0 Å². The molecule has 6 heteroatoms. The highest BCUT2D eigenvalue weighted by atomic mass is 19.1. The van der Waals surface area contributed by atoms with Crippen molar-refractivity contribution in [2.45, 2.75) is 0 Å². The monoisotopic (exact) mass is 285 g/mol. The van der Waals surface area contributed by atoms with Gasteiger partial charge in [0.1, 0.15) is 17.3 Å². The topological polar surface area (TPSA) is 47.8 Å². The van der Waals surface area contributed by atoms with Crippen molar-refractivity contribution in [2.75, 3.05) is 0 Å². The molecule has 0 spiro atoms. The lowest BCUT2D eigenvalue weighted by molar-refractivity contribution is 0.112. The molecule has 104 valence electrons. The van der Waals surface area contributed by atoms with Crippen LogP contribution in [0, 0.1) is 11.6 Å². The molecule has 0 amide bonds. The molecule has 3 aromatic rings. The number of aromatic nitrogens is 3. The number of carbonyl (C=O) groups excluding carboxylic acids is 1. The predicted molar refractivity (Wildman–Crippen MR) is 72.1 cm³/mol. The molecule has 0 radical (unpaired) electrons. The summed E-state index contributed by atoms with van der Waals surface area (Å²) in [5, 5.41) is 4.23. The largest absolute Gasteiger partial charge is 0.298 e. The highest BCUT2D eigenvalue weighted by Crippen LogP contribution is 2.21. The van der Waals surface area contributed by atoms with E-state index in [-0.39, 0.29) is 0 Å². The number of aldehydes is 1. The molecule has 3 rings (SSSR count). The summed E-state index contributed by atoms with van der Waals surface area (Å²) in [5.41, 5.74) is 1.45. The van der Waals surface area contributed by atoms with Gasteiger partial charge in [0.05, 0.1) is 23.1 Å². The van der Waals surface area contributed by atoms with Crippen LogP contribution in [0.1, 0.15) is 10.4 Å². The number of carbonyl (C=O) groups is 1. The van der Waals surface area contributed by atoms with Gasteiger partial charge >= 0.3 is 0 Å². The molecule has 21 heavy (non-hydrogen) atoms. The van der Waals surface area contributed by atoms with Gasteiger partial charge in [0.15, 0.2) is 6.29 Å². The van der Waals surface area contributed by atoms with Crippen LogP contribution in [0.3, 0.4) is 0 Å². The lowest BCUT2D eigenvalue weighted by Gasteiger charge is -2.00. The molecule has 2 aromatic heterocycles. The molecule has 0 bridgehead atoms. The molecular formula is C15H9F2N3O. The van der Waals surface area contributed by atoms with E-state index in [1.807, 2.05) is 0 Å². The Hall–Kier alpha value is -2.89. The highest BCUT2D eigenvalue weighted by Gasteiger charge is 2.13. The van der Waals surface area contributed by atoms with Crippen molar-refractivity contribution in [3.8, 4) is 17.1 Å². The summed E-state index contributed by atoms with van der Waals surface area (Å²) in [7, 11) is 0. The number of pyridine rings is 1. The molecule has 2 heterocycles. The number of hydrogen-bond donors (Lipinski definition) is 0. The second kappa shape index (κ2) is 5.24. The molecule has 4 nitrogen and oxygen atoms in total. The SMILES string of the molecule is O=Cc1cn(-c2cccc(F)c2)nc1-c1ccc(F)cn1. The Morgan fingerprint density at radius 3 is 2.62 bits per heavy atom. The van der Waals surface area contributed by atoms with Gasteiger partial charge in [-0.05, 0) is 30.3 Å². The van der Waals surface area contributed by atoms with Crippen molar-refractivity contribution < 1.29 is 13.6 Å². The molecule has 1 aromatic carbocycles. The van der Waals surface area contributed by atoms with Gasteiger partial charge in [-0.2, -0.15) is 5.10 Å². The maximum Gasteiger partial charge on any atom is 0.153 e. The lowest BCUT2D eigenvalue weighted by atomic mass is 10.2. The van der Waals surface area contributed by atoms with E-state index in [4.69, 9.17) is 0 Å². The van der Waals surface area contributed by atoms with Gasteiger partial charge in [0.2, 0.25) is 0 Å². The van der Waals surface area contributed by atoms with E-state index in [0.717, 1.165) is 6.20 Å². The lowest BCUT2D eigenvalue weighted by Crippen LogP contribution is -1.95. The van der Waals surface area contributed by atoms with Gasteiger partial charge < -0.3 is 0 Å². The molecule has 0 atom stereocenters. The summed E-state index contributed by atoms with van der Waals surface area (Å²) >= 11 is 0. The second-order valence-electron chi connectivity index (χ2n) is 4.34. The van der Waals surface area contributed by atoms with E-state index in [0.29, 0.717) is 28.9 Å². The van der Waals surface area contributed by atoms with Crippen LogP contribution in [-0.4, -0.2) is 21.1 Å². The molecule has 0 unspecified atom stereocenters. The summed E-state index contributed by atoms with van der Waals surface area (Å²) in [6.45, 7) is 0. The fourth-order valence-electron chi connectivity index (χ4n) is 1.94. The number of nitrogens with zero attached hydrogens (tertiary/aromatic N) is 3. The van der Waals surface area contributed by atoms with Gasteiger partial charge in [-0.15, -0.1) is 0 Å². The van der Waals surface area contributed by atoms with Gasteiger partial charge in [-0.25, -0.2) is 13.5 Å². The van der Waals surface area contributed by atoms with Gasteiger partial charge in [-0.1, -0.05) is 6.07 Å². The van der Waals surface area contributed by atoms with Crippen molar-refractivity contribution in [2.24, 2.45) is 0 Å². The first kappa shape index (κ1) is 13.1. The van der Waals surface area contributed by atoms with Crippen LogP contribution in [0.5, 0.6) is 0 Å². The fraction of sp³-hybridized carbons (Fsp3) is 0. The molecule has 0 saturated carbocycles. The van der Waals surface area contributed by atoms with Crippen molar-refractivity contribution in [1.82, 2.24) is 14.8 Å². The molecule has 0 aliphatic rings. The van der Waals surface area contributed by atoms with Crippen LogP contribution in [0.2, 0.25) is 0 Å². The summed E-state index contributed by atoms with van der Waals surface area (Å²) in [6.07, 6.45) is 3.15. The van der Waals surface area contributed by atoms with E-state index in [1.54, 1.807) is 12.1 Å². The minimum Gasteiger partial charge on any atom is -0.298 e. The van der Waals surface area contributed by atoms with E-state index < -0.39 is 11.6 Å². The fourth-order valence-corrected chi connectivity index (χ4v) is 1.94. The number of halogens is 2. The molecule has 0 saturated heterocycles. The van der Waals surface area contributed by atoms with E-state index in [2.05, 4.69) is 10.1 Å². The maximum absolute atomic E-state index is 13.2. The zero-order valence-electron chi connectivity index (χ0n) is 10.7. The quantitative estimate of drug-likeness (QED) is 0.695. The highest BCUT2D eigenvalue weighted by molar-refractivity contribution is 5.84. The summed E-state index contributed by atoms with van der Waals surface area (Å²) < 4.78 is 27.5. The minimum absolute atomic E-state index is 0.290. The maximum atomic E-state index is 13.2. The van der Waals surface area contributed by atoms with Crippen LogP contribution < -0.4 is 0 Å². The Bertz CT molecular complexity index is 797. The summed E-state index contributed by atoms with van der Waals surface area (Å²) in [4.78, 5) is 15.0. The van der Waals surface area contributed by atoms with E-state index >= 15 is 0 Å².